The van der Waals surface area contributed by atoms with E-state index in [9.17, 15) is 0 Å². The zero-order chi connectivity index (χ0) is 9.97. The van der Waals surface area contributed by atoms with Gasteiger partial charge in [-0.1, -0.05) is 23.5 Å². The second kappa shape index (κ2) is 3.73. The molecule has 0 atom stereocenters. The summed E-state index contributed by atoms with van der Waals surface area (Å²) in [7, 11) is 0. The fourth-order valence-corrected chi connectivity index (χ4v) is 2.10. The molecule has 0 aliphatic heterocycles. The van der Waals surface area contributed by atoms with Crippen LogP contribution in [0.1, 0.15) is 5.56 Å². The molecule has 0 saturated heterocycles. The average Bonchev–Trinajstić information content (AvgIpc) is 2.59. The van der Waals surface area contributed by atoms with Gasteiger partial charge in [0.15, 0.2) is 0 Å². The number of hydrogen-bond acceptors (Lipinski definition) is 4. The molecule has 4 nitrogen and oxygen atoms in total. The number of nitrogens with zero attached hydrogens (tertiary/aromatic N) is 2. The highest BCUT2D eigenvalue weighted by atomic mass is 32.1. The highest BCUT2D eigenvalue weighted by molar-refractivity contribution is 7.22. The van der Waals surface area contributed by atoms with Gasteiger partial charge in [0.05, 0.1) is 10.2 Å². The van der Waals surface area contributed by atoms with Crippen molar-refractivity contribution in [2.45, 2.75) is 6.92 Å². The third-order valence-corrected chi connectivity index (χ3v) is 2.77. The van der Waals surface area contributed by atoms with Crippen molar-refractivity contribution in [3.63, 3.8) is 0 Å². The van der Waals surface area contributed by atoms with Gasteiger partial charge in [-0.25, -0.2) is 9.98 Å². The molecule has 0 unspecified atom stereocenters. The third-order valence-electron chi connectivity index (χ3n) is 1.84. The van der Waals surface area contributed by atoms with Crippen LogP contribution in [0, 0.1) is 6.92 Å². The third kappa shape index (κ3) is 1.59. The molecule has 5 heteroatoms. The first-order valence-electron chi connectivity index (χ1n) is 4.09. The Labute approximate surface area is 84.9 Å². The molecule has 0 saturated carbocycles. The van der Waals surface area contributed by atoms with Gasteiger partial charge in [0.2, 0.25) is 5.13 Å². The maximum atomic E-state index is 8.33. The quantitative estimate of drug-likeness (QED) is 0.451. The lowest BCUT2D eigenvalue weighted by Crippen LogP contribution is -2.00. The molecule has 0 fully saturated rings. The highest BCUT2D eigenvalue weighted by Crippen LogP contribution is 2.29. The van der Waals surface area contributed by atoms with E-state index < -0.39 is 0 Å². The molecule has 14 heavy (non-hydrogen) atoms. The largest absolute Gasteiger partial charge is 0.290 e. The van der Waals surface area contributed by atoms with E-state index in [0.717, 1.165) is 15.8 Å². The Morgan fingerprint density at radius 1 is 1.57 bits per heavy atom. The topological polar surface area (TPSA) is 57.5 Å². The molecule has 1 heterocycles. The van der Waals surface area contributed by atoms with Crippen molar-refractivity contribution >= 4 is 33.0 Å². The lowest BCUT2D eigenvalue weighted by molar-refractivity contribution is 0.240. The van der Waals surface area contributed by atoms with Crippen LogP contribution in [-0.2, 0) is 0 Å². The highest BCUT2D eigenvalue weighted by Gasteiger charge is 2.03. The summed E-state index contributed by atoms with van der Waals surface area (Å²) < 4.78 is 1.11. The SMILES string of the molecule is Cc1cccc2sc(/N=C/NO)nc12. The van der Waals surface area contributed by atoms with Gasteiger partial charge in [0, 0.05) is 0 Å². The molecule has 0 spiro atoms. The van der Waals surface area contributed by atoms with Crippen molar-refractivity contribution in [3.05, 3.63) is 23.8 Å². The van der Waals surface area contributed by atoms with Crippen LogP contribution in [0.2, 0.25) is 0 Å². The maximum absolute atomic E-state index is 8.33. The van der Waals surface area contributed by atoms with Gasteiger partial charge in [-0.2, -0.15) is 0 Å². The number of para-hydroxylation sites is 1. The van der Waals surface area contributed by atoms with Crippen molar-refractivity contribution < 1.29 is 5.21 Å². The lowest BCUT2D eigenvalue weighted by Gasteiger charge is -1.90. The number of thiazole rings is 1. The van der Waals surface area contributed by atoms with Crippen LogP contribution in [0.25, 0.3) is 10.2 Å². The zero-order valence-electron chi connectivity index (χ0n) is 7.56. The van der Waals surface area contributed by atoms with Gasteiger partial charge in [-0.05, 0) is 18.6 Å². The standard InChI is InChI=1S/C9H9N3OS/c1-6-3-2-4-7-8(6)12-9(14-7)10-5-11-13/h2-5,13H,1H3,(H,10,11,12). The molecule has 72 valence electrons. The number of rotatable bonds is 2. The van der Waals surface area contributed by atoms with Crippen molar-refractivity contribution in [1.29, 1.82) is 0 Å². The summed E-state index contributed by atoms with van der Waals surface area (Å²) in [5, 5.41) is 8.97. The first kappa shape index (κ1) is 9.11. The first-order valence-corrected chi connectivity index (χ1v) is 4.91. The van der Waals surface area contributed by atoms with Crippen molar-refractivity contribution in [2.75, 3.05) is 0 Å². The zero-order valence-corrected chi connectivity index (χ0v) is 8.38. The molecule has 2 N–H and O–H groups in total. The van der Waals surface area contributed by atoms with Crippen molar-refractivity contribution in [3.8, 4) is 0 Å². The number of fused-ring (bicyclic) bond motifs is 1. The Morgan fingerprint density at radius 2 is 2.43 bits per heavy atom. The smallest absolute Gasteiger partial charge is 0.211 e. The normalized spacial score (nSPS) is 11.3. The van der Waals surface area contributed by atoms with E-state index in [1.165, 1.54) is 17.7 Å². The lowest BCUT2D eigenvalue weighted by atomic mass is 10.2. The van der Waals surface area contributed by atoms with E-state index in [4.69, 9.17) is 5.21 Å². The Balaban J connectivity index is 2.51. The van der Waals surface area contributed by atoms with Crippen LogP contribution in [0.15, 0.2) is 23.2 Å². The Morgan fingerprint density at radius 3 is 3.14 bits per heavy atom. The Hall–Kier alpha value is -1.46. The second-order valence-corrected chi connectivity index (χ2v) is 3.81. The Bertz CT molecular complexity index is 478. The van der Waals surface area contributed by atoms with E-state index >= 15 is 0 Å². The minimum atomic E-state index is 0.635. The average molecular weight is 207 g/mol. The van der Waals surface area contributed by atoms with Crippen LogP contribution < -0.4 is 5.48 Å². The van der Waals surface area contributed by atoms with Crippen LogP contribution in [0.4, 0.5) is 5.13 Å². The predicted octanol–water partition coefficient (Wildman–Crippen LogP) is 2.24. The van der Waals surface area contributed by atoms with Crippen LogP contribution >= 0.6 is 11.3 Å². The van der Waals surface area contributed by atoms with Gasteiger partial charge < -0.3 is 0 Å². The molecule has 0 radical (unpaired) electrons. The molecule has 1 aromatic carbocycles. The van der Waals surface area contributed by atoms with Gasteiger partial charge in [-0.15, -0.1) is 0 Å². The number of hydrogen-bond donors (Lipinski definition) is 2. The summed E-state index contributed by atoms with van der Waals surface area (Å²) in [5.74, 6) is 0. The molecule has 0 aliphatic carbocycles. The number of benzene rings is 1. The Kier molecular flexibility index (Phi) is 2.43. The molecule has 0 bridgehead atoms. The summed E-state index contributed by atoms with van der Waals surface area (Å²) in [6.07, 6.45) is 1.20. The molecule has 2 aromatic rings. The van der Waals surface area contributed by atoms with E-state index in [-0.39, 0.29) is 0 Å². The first-order chi connectivity index (χ1) is 6.81. The van der Waals surface area contributed by atoms with Crippen molar-refractivity contribution in [1.82, 2.24) is 10.5 Å². The van der Waals surface area contributed by atoms with E-state index in [0.29, 0.717) is 5.13 Å². The molecular weight excluding hydrogens is 198 g/mol. The number of aliphatic imine (C=N–C) groups is 1. The van der Waals surface area contributed by atoms with E-state index in [1.807, 2.05) is 30.6 Å². The molecule has 0 aliphatic rings. The minimum Gasteiger partial charge on any atom is -0.290 e. The van der Waals surface area contributed by atoms with Gasteiger partial charge in [0.1, 0.15) is 6.34 Å². The summed E-state index contributed by atoms with van der Waals surface area (Å²) >= 11 is 1.49. The summed E-state index contributed by atoms with van der Waals surface area (Å²) in [5.41, 5.74) is 3.96. The summed E-state index contributed by atoms with van der Waals surface area (Å²) in [6.45, 7) is 2.01. The van der Waals surface area contributed by atoms with E-state index in [2.05, 4.69) is 9.98 Å². The number of nitrogens with one attached hydrogen (secondary N) is 1. The van der Waals surface area contributed by atoms with Crippen LogP contribution in [0.5, 0.6) is 0 Å². The fourth-order valence-electron chi connectivity index (χ4n) is 1.21. The predicted molar refractivity (Wildman–Crippen MR) is 57.4 cm³/mol. The van der Waals surface area contributed by atoms with Gasteiger partial charge >= 0.3 is 0 Å². The molecule has 1 aromatic heterocycles. The van der Waals surface area contributed by atoms with Crippen molar-refractivity contribution in [2.24, 2.45) is 4.99 Å². The minimum absolute atomic E-state index is 0.635. The second-order valence-electron chi connectivity index (χ2n) is 2.81. The van der Waals surface area contributed by atoms with Crippen LogP contribution in [0.3, 0.4) is 0 Å². The van der Waals surface area contributed by atoms with Crippen LogP contribution in [-0.4, -0.2) is 16.5 Å². The fraction of sp³-hybridized carbons (Fsp3) is 0.111. The maximum Gasteiger partial charge on any atom is 0.211 e. The monoisotopic (exact) mass is 207 g/mol. The summed E-state index contributed by atoms with van der Waals surface area (Å²) in [4.78, 5) is 8.24. The number of hydroxylamine groups is 1. The molecule has 2 rings (SSSR count). The van der Waals surface area contributed by atoms with Gasteiger partial charge in [0.25, 0.3) is 0 Å². The van der Waals surface area contributed by atoms with Gasteiger partial charge in [-0.3, -0.25) is 10.7 Å². The number of aromatic nitrogens is 1. The number of aryl methyl sites for hydroxylation is 1. The molecular formula is C9H9N3OS. The van der Waals surface area contributed by atoms with E-state index in [1.54, 1.807) is 0 Å². The summed E-state index contributed by atoms with van der Waals surface area (Å²) in [6, 6.07) is 6.01. The molecule has 0 amide bonds.